The quantitative estimate of drug-likeness (QED) is 0.798. The Kier molecular flexibility index (Phi) is 4.14. The van der Waals surface area contributed by atoms with Crippen molar-refractivity contribution in [3.05, 3.63) is 22.4 Å². The molecule has 3 heterocycles. The molecular weight excluding hydrogens is 292 g/mol. The predicted molar refractivity (Wildman–Crippen MR) is 91.0 cm³/mol. The van der Waals surface area contributed by atoms with Crippen LogP contribution in [0.15, 0.2) is 11.0 Å². The molecule has 126 valence electrons. The Morgan fingerprint density at radius 3 is 2.87 bits per heavy atom. The van der Waals surface area contributed by atoms with Crippen LogP contribution in [0.1, 0.15) is 52.7 Å². The highest BCUT2D eigenvalue weighted by molar-refractivity contribution is 5.63. The van der Waals surface area contributed by atoms with E-state index in [1.165, 1.54) is 6.42 Å². The normalized spacial score (nSPS) is 20.1. The van der Waals surface area contributed by atoms with E-state index in [1.54, 1.807) is 10.6 Å². The highest BCUT2D eigenvalue weighted by atomic mass is 16.1. The zero-order chi connectivity index (χ0) is 16.6. The van der Waals surface area contributed by atoms with Crippen molar-refractivity contribution in [2.75, 3.05) is 11.9 Å². The number of fused-ring (bicyclic) bond motifs is 1. The summed E-state index contributed by atoms with van der Waals surface area (Å²) in [6.45, 7) is 9.50. The van der Waals surface area contributed by atoms with Crippen molar-refractivity contribution < 1.29 is 0 Å². The van der Waals surface area contributed by atoms with Gasteiger partial charge in [-0.15, -0.1) is 5.10 Å². The molecule has 0 amide bonds. The summed E-state index contributed by atoms with van der Waals surface area (Å²) < 4.78 is 1.55. The van der Waals surface area contributed by atoms with Gasteiger partial charge in [0.2, 0.25) is 5.65 Å². The Labute approximate surface area is 135 Å². The lowest BCUT2D eigenvalue weighted by Gasteiger charge is -2.25. The standard InChI is InChI=1S/C16H26N6O/c1-5-10(11-7-6-8-17-11)18-13-14-20-21-15(23)22(14)9-12(19-13)16(2,3)4/h9-11,17H,5-8H2,1-4H3,(H,18,19)(H,21,23). The van der Waals surface area contributed by atoms with Gasteiger partial charge in [0.25, 0.3) is 0 Å². The molecule has 0 aliphatic carbocycles. The number of H-pyrrole nitrogens is 1. The van der Waals surface area contributed by atoms with Gasteiger partial charge in [-0.1, -0.05) is 27.7 Å². The van der Waals surface area contributed by atoms with E-state index in [4.69, 9.17) is 4.98 Å². The molecule has 2 unspecified atom stereocenters. The zero-order valence-electron chi connectivity index (χ0n) is 14.3. The van der Waals surface area contributed by atoms with Crippen LogP contribution in [0, 0.1) is 0 Å². The van der Waals surface area contributed by atoms with E-state index in [0.717, 1.165) is 25.1 Å². The summed E-state index contributed by atoms with van der Waals surface area (Å²) in [7, 11) is 0. The molecule has 0 aromatic carbocycles. The van der Waals surface area contributed by atoms with Crippen molar-refractivity contribution in [1.29, 1.82) is 0 Å². The number of aromatic nitrogens is 4. The van der Waals surface area contributed by atoms with Crippen molar-refractivity contribution in [3.63, 3.8) is 0 Å². The van der Waals surface area contributed by atoms with E-state index >= 15 is 0 Å². The molecule has 2 aromatic rings. The van der Waals surface area contributed by atoms with Gasteiger partial charge in [-0.2, -0.15) is 0 Å². The maximum atomic E-state index is 12.0. The number of nitrogens with zero attached hydrogens (tertiary/aromatic N) is 3. The highest BCUT2D eigenvalue weighted by Gasteiger charge is 2.26. The molecule has 1 aliphatic rings. The first-order valence-electron chi connectivity index (χ1n) is 8.38. The van der Waals surface area contributed by atoms with E-state index < -0.39 is 0 Å². The Morgan fingerprint density at radius 1 is 1.48 bits per heavy atom. The fourth-order valence-corrected chi connectivity index (χ4v) is 3.09. The molecule has 23 heavy (non-hydrogen) atoms. The summed E-state index contributed by atoms with van der Waals surface area (Å²) >= 11 is 0. The smallest absolute Gasteiger partial charge is 0.347 e. The lowest BCUT2D eigenvalue weighted by molar-refractivity contribution is 0.496. The maximum absolute atomic E-state index is 12.0. The van der Waals surface area contributed by atoms with Crippen molar-refractivity contribution in [3.8, 4) is 0 Å². The SMILES string of the molecule is CCC(Nc1nc(C(C)(C)C)cn2c(=O)[nH]nc12)C1CCCN1. The highest BCUT2D eigenvalue weighted by Crippen LogP contribution is 2.24. The van der Waals surface area contributed by atoms with Crippen LogP contribution in [0.2, 0.25) is 0 Å². The first-order valence-corrected chi connectivity index (χ1v) is 8.38. The van der Waals surface area contributed by atoms with Gasteiger partial charge in [0.1, 0.15) is 0 Å². The molecule has 2 aromatic heterocycles. The van der Waals surface area contributed by atoms with Gasteiger partial charge in [0, 0.05) is 23.7 Å². The van der Waals surface area contributed by atoms with Crippen LogP contribution in [-0.4, -0.2) is 38.2 Å². The second-order valence-corrected chi connectivity index (χ2v) is 7.31. The zero-order valence-corrected chi connectivity index (χ0v) is 14.3. The van der Waals surface area contributed by atoms with E-state index in [9.17, 15) is 4.79 Å². The van der Waals surface area contributed by atoms with Gasteiger partial charge in [0.15, 0.2) is 5.82 Å². The van der Waals surface area contributed by atoms with Crippen LogP contribution >= 0.6 is 0 Å². The lowest BCUT2D eigenvalue weighted by Crippen LogP contribution is -2.40. The minimum absolute atomic E-state index is 0.144. The van der Waals surface area contributed by atoms with Crippen LogP contribution in [0.5, 0.6) is 0 Å². The monoisotopic (exact) mass is 318 g/mol. The predicted octanol–water partition coefficient (Wildman–Crippen LogP) is 1.66. The third-order valence-corrected chi connectivity index (χ3v) is 4.51. The molecule has 1 aliphatic heterocycles. The molecule has 7 heteroatoms. The molecule has 1 fully saturated rings. The molecule has 2 atom stereocenters. The van der Waals surface area contributed by atoms with Crippen molar-refractivity contribution in [2.24, 2.45) is 0 Å². The van der Waals surface area contributed by atoms with Crippen molar-refractivity contribution in [1.82, 2.24) is 24.9 Å². The van der Waals surface area contributed by atoms with Crippen molar-refractivity contribution >= 4 is 11.5 Å². The van der Waals surface area contributed by atoms with Gasteiger partial charge in [-0.25, -0.2) is 19.3 Å². The number of hydrogen-bond acceptors (Lipinski definition) is 5. The molecule has 1 saturated heterocycles. The van der Waals surface area contributed by atoms with Gasteiger partial charge in [-0.3, -0.25) is 0 Å². The van der Waals surface area contributed by atoms with E-state index in [2.05, 4.69) is 48.5 Å². The number of aromatic amines is 1. The number of hydrogen-bond donors (Lipinski definition) is 3. The summed E-state index contributed by atoms with van der Waals surface area (Å²) in [5, 5.41) is 13.7. The average molecular weight is 318 g/mol. The lowest BCUT2D eigenvalue weighted by atomic mass is 9.92. The summed E-state index contributed by atoms with van der Waals surface area (Å²) in [4.78, 5) is 16.8. The minimum atomic E-state index is -0.233. The third-order valence-electron chi connectivity index (χ3n) is 4.51. The van der Waals surface area contributed by atoms with Crippen molar-refractivity contribution in [2.45, 2.75) is 64.5 Å². The Balaban J connectivity index is 2.02. The topological polar surface area (TPSA) is 87.1 Å². The van der Waals surface area contributed by atoms with E-state index in [0.29, 0.717) is 17.5 Å². The molecular formula is C16H26N6O. The number of anilines is 1. The van der Waals surface area contributed by atoms with Crippen LogP contribution in [-0.2, 0) is 5.41 Å². The Morgan fingerprint density at radius 2 is 2.26 bits per heavy atom. The van der Waals surface area contributed by atoms with Gasteiger partial charge in [-0.05, 0) is 25.8 Å². The Bertz CT molecular complexity index is 735. The van der Waals surface area contributed by atoms with Gasteiger partial charge in [0.05, 0.1) is 5.69 Å². The molecule has 0 spiro atoms. The van der Waals surface area contributed by atoms with E-state index in [-0.39, 0.29) is 17.1 Å². The van der Waals surface area contributed by atoms with Crippen LogP contribution in [0.25, 0.3) is 5.65 Å². The van der Waals surface area contributed by atoms with E-state index in [1.807, 2.05) is 0 Å². The summed E-state index contributed by atoms with van der Waals surface area (Å²) in [5.41, 5.74) is 1.04. The Hall–Kier alpha value is -1.89. The number of nitrogens with one attached hydrogen (secondary N) is 3. The largest absolute Gasteiger partial charge is 0.363 e. The molecule has 0 bridgehead atoms. The molecule has 3 N–H and O–H groups in total. The van der Waals surface area contributed by atoms with Crippen LogP contribution in [0.3, 0.4) is 0 Å². The fraction of sp³-hybridized carbons (Fsp3) is 0.688. The molecule has 7 nitrogen and oxygen atoms in total. The molecule has 0 radical (unpaired) electrons. The average Bonchev–Trinajstić information content (AvgIpc) is 3.14. The molecule has 0 saturated carbocycles. The number of rotatable bonds is 4. The molecule has 3 rings (SSSR count). The van der Waals surface area contributed by atoms with Gasteiger partial charge < -0.3 is 10.6 Å². The third kappa shape index (κ3) is 3.10. The summed E-state index contributed by atoms with van der Waals surface area (Å²) in [6, 6.07) is 0.710. The second-order valence-electron chi connectivity index (χ2n) is 7.31. The van der Waals surface area contributed by atoms with Crippen LogP contribution < -0.4 is 16.3 Å². The fourth-order valence-electron chi connectivity index (χ4n) is 3.09. The first-order chi connectivity index (χ1) is 10.9. The second kappa shape index (κ2) is 5.96. The minimum Gasteiger partial charge on any atom is -0.363 e. The first kappa shape index (κ1) is 16.0. The van der Waals surface area contributed by atoms with Gasteiger partial charge >= 0.3 is 5.69 Å². The van der Waals surface area contributed by atoms with Crippen LogP contribution in [0.4, 0.5) is 5.82 Å². The maximum Gasteiger partial charge on any atom is 0.347 e. The summed E-state index contributed by atoms with van der Waals surface area (Å²) in [5.74, 6) is 0.677. The summed E-state index contributed by atoms with van der Waals surface area (Å²) in [6.07, 6.45) is 5.13.